The maximum Gasteiger partial charge on any atom is 0.194 e. The monoisotopic (exact) mass is 518 g/mol. The lowest BCUT2D eigenvalue weighted by molar-refractivity contribution is 0.299. The summed E-state index contributed by atoms with van der Waals surface area (Å²) in [4.78, 5) is 11.4. The van der Waals surface area contributed by atoms with Gasteiger partial charge in [-0.3, -0.25) is 5.10 Å². The van der Waals surface area contributed by atoms with Crippen LogP contribution >= 0.6 is 39.9 Å². The van der Waals surface area contributed by atoms with E-state index in [-0.39, 0.29) is 24.0 Å². The predicted molar refractivity (Wildman–Crippen MR) is 114 cm³/mol. The molecule has 0 saturated carbocycles. The summed E-state index contributed by atoms with van der Waals surface area (Å²) in [6.45, 7) is 5.64. The third kappa shape index (κ3) is 5.67. The number of aliphatic imine (C=N–C) groups is 1. The molecule has 1 aromatic heterocycles. The molecule has 0 atom stereocenters. The summed E-state index contributed by atoms with van der Waals surface area (Å²) in [7, 11) is 0. The number of aromatic amines is 1. The van der Waals surface area contributed by atoms with Gasteiger partial charge in [0.15, 0.2) is 5.96 Å². The Bertz CT molecular complexity index is 650. The molecule has 0 bridgehead atoms. The van der Waals surface area contributed by atoms with Crippen LogP contribution in [-0.2, 0) is 6.54 Å². The minimum Gasteiger partial charge on any atom is -0.357 e. The second kappa shape index (κ2) is 10.1. The van der Waals surface area contributed by atoms with E-state index >= 15 is 0 Å². The highest BCUT2D eigenvalue weighted by molar-refractivity contribution is 14.0. The molecule has 2 aromatic rings. The predicted octanol–water partition coefficient (Wildman–Crippen LogP) is 3.53. The average Bonchev–Trinajstić information content (AvgIpc) is 3.15. The van der Waals surface area contributed by atoms with Gasteiger partial charge in [0.2, 0.25) is 0 Å². The molecule has 3 rings (SSSR count). The highest BCUT2D eigenvalue weighted by Gasteiger charge is 2.24. The molecular weight excluding hydrogens is 495 g/mol. The number of rotatable bonds is 4. The summed E-state index contributed by atoms with van der Waals surface area (Å²) < 4.78 is 1.09. The zero-order chi connectivity index (χ0) is 16.8. The number of halogens is 2. The number of H-pyrrole nitrogens is 1. The van der Waals surface area contributed by atoms with Crippen LogP contribution < -0.4 is 5.32 Å². The van der Waals surface area contributed by atoms with Gasteiger partial charge in [-0.05, 0) is 37.5 Å². The van der Waals surface area contributed by atoms with Gasteiger partial charge in [0, 0.05) is 30.0 Å². The first-order valence-electron chi connectivity index (χ1n) is 8.39. The van der Waals surface area contributed by atoms with Crippen LogP contribution in [0.3, 0.4) is 0 Å². The van der Waals surface area contributed by atoms with Gasteiger partial charge in [0.25, 0.3) is 0 Å². The number of hydrogen-bond acceptors (Lipinski definition) is 3. The Hall–Kier alpha value is -1.16. The normalized spacial score (nSPS) is 15.8. The summed E-state index contributed by atoms with van der Waals surface area (Å²) in [5.41, 5.74) is 1.21. The molecule has 1 fully saturated rings. The van der Waals surface area contributed by atoms with Crippen LogP contribution in [-0.4, -0.2) is 45.7 Å². The van der Waals surface area contributed by atoms with Gasteiger partial charge in [0.1, 0.15) is 12.2 Å². The Labute approximate surface area is 174 Å². The van der Waals surface area contributed by atoms with Gasteiger partial charge >= 0.3 is 0 Å². The Morgan fingerprint density at radius 1 is 1.32 bits per heavy atom. The first-order chi connectivity index (χ1) is 11.8. The number of nitrogens with one attached hydrogen (secondary N) is 2. The molecule has 0 unspecified atom stereocenters. The molecule has 25 heavy (non-hydrogen) atoms. The summed E-state index contributed by atoms with van der Waals surface area (Å²) in [6, 6.07) is 8.32. The average molecular weight is 519 g/mol. The van der Waals surface area contributed by atoms with Crippen molar-refractivity contribution in [1.29, 1.82) is 0 Å². The van der Waals surface area contributed by atoms with Gasteiger partial charge in [-0.2, -0.15) is 5.10 Å². The van der Waals surface area contributed by atoms with Crippen LogP contribution in [0.15, 0.2) is 40.1 Å². The van der Waals surface area contributed by atoms with Gasteiger partial charge in [-0.15, -0.1) is 24.0 Å². The maximum absolute atomic E-state index is 4.81. The molecule has 0 amide bonds. The lowest BCUT2D eigenvalue weighted by atomic mass is 9.96. The molecule has 1 aromatic carbocycles. The first-order valence-corrected chi connectivity index (χ1v) is 9.18. The molecule has 0 aliphatic carbocycles. The smallest absolute Gasteiger partial charge is 0.194 e. The van der Waals surface area contributed by atoms with Gasteiger partial charge in [-0.1, -0.05) is 28.1 Å². The number of likely N-dealkylation sites (tertiary alicyclic amines) is 1. The fraction of sp³-hybridized carbons (Fsp3) is 0.471. The van der Waals surface area contributed by atoms with E-state index in [0.29, 0.717) is 12.5 Å². The molecule has 2 N–H and O–H groups in total. The van der Waals surface area contributed by atoms with Crippen molar-refractivity contribution in [3.8, 4) is 0 Å². The number of hydrogen-bond donors (Lipinski definition) is 2. The Balaban J connectivity index is 0.00000225. The standard InChI is InChI=1S/C17H23BrN6.HI/c1-2-19-17(20-11-13-3-5-15(18)6-4-13)24-9-7-14(8-10-24)16-21-12-22-23-16;/h3-6,12,14H,2,7-11H2,1H3,(H,19,20)(H,21,22,23);1H. The first kappa shape index (κ1) is 20.2. The van der Waals surface area contributed by atoms with Crippen molar-refractivity contribution >= 4 is 45.9 Å². The van der Waals surface area contributed by atoms with Crippen molar-refractivity contribution in [3.05, 3.63) is 46.5 Å². The number of nitrogens with zero attached hydrogens (tertiary/aromatic N) is 4. The van der Waals surface area contributed by atoms with E-state index in [1.165, 1.54) is 5.56 Å². The van der Waals surface area contributed by atoms with Crippen LogP contribution in [0, 0.1) is 0 Å². The van der Waals surface area contributed by atoms with Crippen molar-refractivity contribution in [2.45, 2.75) is 32.2 Å². The minimum absolute atomic E-state index is 0. The second-order valence-corrected chi connectivity index (χ2v) is 6.84. The minimum atomic E-state index is 0. The third-order valence-corrected chi connectivity index (χ3v) is 4.80. The number of guanidine groups is 1. The molecule has 6 nitrogen and oxygen atoms in total. The fourth-order valence-electron chi connectivity index (χ4n) is 2.96. The summed E-state index contributed by atoms with van der Waals surface area (Å²) in [5, 5.41) is 10.4. The molecule has 136 valence electrons. The third-order valence-electron chi connectivity index (χ3n) is 4.27. The zero-order valence-corrected chi connectivity index (χ0v) is 18.2. The van der Waals surface area contributed by atoms with Crippen LogP contribution in [0.4, 0.5) is 0 Å². The molecule has 1 aliphatic heterocycles. The topological polar surface area (TPSA) is 69.2 Å². The van der Waals surface area contributed by atoms with E-state index < -0.39 is 0 Å². The van der Waals surface area contributed by atoms with Crippen LogP contribution in [0.1, 0.15) is 37.1 Å². The lowest BCUT2D eigenvalue weighted by Crippen LogP contribution is -2.45. The lowest BCUT2D eigenvalue weighted by Gasteiger charge is -2.33. The zero-order valence-electron chi connectivity index (χ0n) is 14.3. The highest BCUT2D eigenvalue weighted by Crippen LogP contribution is 2.25. The van der Waals surface area contributed by atoms with E-state index in [9.17, 15) is 0 Å². The Morgan fingerprint density at radius 3 is 2.64 bits per heavy atom. The van der Waals surface area contributed by atoms with Gasteiger partial charge in [-0.25, -0.2) is 9.98 Å². The molecule has 2 heterocycles. The van der Waals surface area contributed by atoms with E-state index in [4.69, 9.17) is 4.99 Å². The van der Waals surface area contributed by atoms with Crippen molar-refractivity contribution in [1.82, 2.24) is 25.4 Å². The van der Waals surface area contributed by atoms with Crippen LogP contribution in [0.2, 0.25) is 0 Å². The summed E-state index contributed by atoms with van der Waals surface area (Å²) in [5.74, 6) is 2.47. The maximum atomic E-state index is 4.81. The number of aromatic nitrogens is 3. The van der Waals surface area contributed by atoms with E-state index in [1.807, 2.05) is 0 Å². The highest BCUT2D eigenvalue weighted by atomic mass is 127. The van der Waals surface area contributed by atoms with Crippen LogP contribution in [0.5, 0.6) is 0 Å². The Morgan fingerprint density at radius 2 is 2.04 bits per heavy atom. The SMILES string of the molecule is CCNC(=NCc1ccc(Br)cc1)N1CCC(c2ncn[nH]2)CC1.I. The largest absolute Gasteiger partial charge is 0.357 e. The van der Waals surface area contributed by atoms with Crippen molar-refractivity contribution in [3.63, 3.8) is 0 Å². The van der Waals surface area contributed by atoms with E-state index in [0.717, 1.165) is 48.7 Å². The summed E-state index contributed by atoms with van der Waals surface area (Å²) >= 11 is 3.47. The Kier molecular flexibility index (Phi) is 8.14. The van der Waals surface area contributed by atoms with Crippen molar-refractivity contribution in [2.75, 3.05) is 19.6 Å². The quantitative estimate of drug-likeness (QED) is 0.369. The summed E-state index contributed by atoms with van der Waals surface area (Å²) in [6.07, 6.45) is 3.72. The van der Waals surface area contributed by atoms with Gasteiger partial charge < -0.3 is 10.2 Å². The second-order valence-electron chi connectivity index (χ2n) is 5.93. The molecular formula is C17H24BrIN6. The van der Waals surface area contributed by atoms with Crippen molar-refractivity contribution < 1.29 is 0 Å². The molecule has 8 heteroatoms. The fourth-order valence-corrected chi connectivity index (χ4v) is 3.22. The molecule has 0 spiro atoms. The van der Waals surface area contributed by atoms with Crippen molar-refractivity contribution in [2.24, 2.45) is 4.99 Å². The number of piperidine rings is 1. The van der Waals surface area contributed by atoms with E-state index in [2.05, 4.69) is 72.5 Å². The van der Waals surface area contributed by atoms with E-state index in [1.54, 1.807) is 6.33 Å². The molecule has 0 radical (unpaired) electrons. The molecule has 1 aliphatic rings. The van der Waals surface area contributed by atoms with Gasteiger partial charge in [0.05, 0.1) is 6.54 Å². The van der Waals surface area contributed by atoms with Crippen LogP contribution in [0.25, 0.3) is 0 Å². The number of benzene rings is 1. The molecule has 1 saturated heterocycles.